The van der Waals surface area contributed by atoms with Gasteiger partial charge in [0.15, 0.2) is 0 Å². The Labute approximate surface area is 72.2 Å². The molecule has 0 saturated carbocycles. The van der Waals surface area contributed by atoms with E-state index in [1.165, 1.54) is 26.2 Å². The van der Waals surface area contributed by atoms with Gasteiger partial charge in [0, 0.05) is 26.2 Å². The lowest BCUT2D eigenvalue weighted by atomic mass is 9.93. The van der Waals surface area contributed by atoms with Crippen molar-refractivity contribution < 1.29 is 0 Å². The van der Waals surface area contributed by atoms with Gasteiger partial charge in [-0.05, 0) is 12.5 Å². The molecule has 11 heavy (non-hydrogen) atoms. The highest BCUT2D eigenvalue weighted by Crippen LogP contribution is 2.22. The maximum Gasteiger partial charge on any atom is 0.0144 e. The van der Waals surface area contributed by atoms with Crippen LogP contribution in [0.3, 0.4) is 0 Å². The van der Waals surface area contributed by atoms with Crippen LogP contribution >= 0.6 is 9.39 Å². The largest absolute Gasteiger partial charge is 0.305 e. The van der Waals surface area contributed by atoms with Crippen molar-refractivity contribution in [3.8, 4) is 0 Å². The maximum atomic E-state index is 2.80. The Balaban J connectivity index is 2.55. The summed E-state index contributed by atoms with van der Waals surface area (Å²) in [5, 5.41) is 0. The van der Waals surface area contributed by atoms with Gasteiger partial charge in [-0.25, -0.2) is 0 Å². The Morgan fingerprint density at radius 2 is 1.82 bits per heavy atom. The summed E-state index contributed by atoms with van der Waals surface area (Å²) in [5.41, 5.74) is 0.438. The van der Waals surface area contributed by atoms with E-state index in [-0.39, 0.29) is 0 Å². The van der Waals surface area contributed by atoms with Crippen LogP contribution in [0.2, 0.25) is 0 Å². The first kappa shape index (κ1) is 9.44. The quantitative estimate of drug-likeness (QED) is 0.506. The average molecular weight is 174 g/mol. The summed E-state index contributed by atoms with van der Waals surface area (Å²) in [6.07, 6.45) is 0. The SMILES string of the molecule is CN1CCN(P)CC(C)(C)C1. The molecular weight excluding hydrogens is 155 g/mol. The van der Waals surface area contributed by atoms with Crippen LogP contribution in [0.4, 0.5) is 0 Å². The molecule has 0 bridgehead atoms. The third kappa shape index (κ3) is 3.06. The minimum atomic E-state index is 0.438. The molecule has 2 nitrogen and oxygen atoms in total. The van der Waals surface area contributed by atoms with E-state index in [1.54, 1.807) is 0 Å². The van der Waals surface area contributed by atoms with Crippen molar-refractivity contribution in [1.82, 2.24) is 9.57 Å². The second kappa shape index (κ2) is 3.38. The summed E-state index contributed by atoms with van der Waals surface area (Å²) in [6, 6.07) is 0. The molecule has 0 aromatic rings. The second-order valence-electron chi connectivity index (χ2n) is 4.37. The molecule has 1 fully saturated rings. The lowest BCUT2D eigenvalue weighted by Crippen LogP contribution is -2.32. The predicted octanol–water partition coefficient (Wildman–Crippen LogP) is 1.05. The third-order valence-electron chi connectivity index (χ3n) is 2.10. The maximum absolute atomic E-state index is 2.80. The van der Waals surface area contributed by atoms with Crippen LogP contribution in [-0.4, -0.2) is 42.8 Å². The Kier molecular flexibility index (Phi) is 2.90. The first-order valence-electron chi connectivity index (χ1n) is 4.18. The summed E-state index contributed by atoms with van der Waals surface area (Å²) in [5.74, 6) is 0. The third-order valence-corrected chi connectivity index (χ3v) is 2.54. The van der Waals surface area contributed by atoms with Gasteiger partial charge < -0.3 is 4.90 Å². The first-order chi connectivity index (χ1) is 4.99. The monoisotopic (exact) mass is 174 g/mol. The summed E-state index contributed by atoms with van der Waals surface area (Å²) in [6.45, 7) is 9.40. The van der Waals surface area contributed by atoms with Crippen molar-refractivity contribution in [3.05, 3.63) is 0 Å². The molecule has 0 aromatic carbocycles. The lowest BCUT2D eigenvalue weighted by Gasteiger charge is -2.27. The van der Waals surface area contributed by atoms with E-state index in [0.717, 1.165) is 0 Å². The molecule has 0 amide bonds. The molecule has 1 heterocycles. The fourth-order valence-corrected chi connectivity index (χ4v) is 2.40. The highest BCUT2D eigenvalue weighted by atomic mass is 31.0. The number of nitrogens with zero attached hydrogens (tertiary/aromatic N) is 2. The molecule has 1 aliphatic heterocycles. The fraction of sp³-hybridized carbons (Fsp3) is 1.00. The highest BCUT2D eigenvalue weighted by Gasteiger charge is 2.25. The van der Waals surface area contributed by atoms with Crippen LogP contribution in [0, 0.1) is 5.41 Å². The van der Waals surface area contributed by atoms with E-state index in [2.05, 4.69) is 39.9 Å². The molecule has 3 heteroatoms. The second-order valence-corrected chi connectivity index (χ2v) is 5.10. The van der Waals surface area contributed by atoms with Crippen LogP contribution in [0.5, 0.6) is 0 Å². The van der Waals surface area contributed by atoms with Crippen molar-refractivity contribution in [2.75, 3.05) is 33.2 Å². The van der Waals surface area contributed by atoms with Crippen LogP contribution in [-0.2, 0) is 0 Å². The van der Waals surface area contributed by atoms with Gasteiger partial charge in [0.1, 0.15) is 0 Å². The number of likely N-dealkylation sites (N-methyl/N-ethyl adjacent to an activating group) is 1. The minimum Gasteiger partial charge on any atom is -0.305 e. The molecule has 66 valence electrons. The molecular formula is C8H19N2P. The molecule has 1 saturated heterocycles. The smallest absolute Gasteiger partial charge is 0.0144 e. The lowest BCUT2D eigenvalue weighted by molar-refractivity contribution is 0.234. The zero-order chi connectivity index (χ0) is 8.48. The molecule has 0 aromatic heterocycles. The molecule has 1 rings (SSSR count). The Bertz CT molecular complexity index is 122. The summed E-state index contributed by atoms with van der Waals surface area (Å²) >= 11 is 0. The van der Waals surface area contributed by atoms with Crippen molar-refractivity contribution in [1.29, 1.82) is 0 Å². The number of hydrogen-bond donors (Lipinski definition) is 0. The Morgan fingerprint density at radius 1 is 1.18 bits per heavy atom. The van der Waals surface area contributed by atoms with E-state index in [0.29, 0.717) is 5.41 Å². The van der Waals surface area contributed by atoms with Gasteiger partial charge >= 0.3 is 0 Å². The summed E-state index contributed by atoms with van der Waals surface area (Å²) < 4.78 is 2.34. The standard InChI is InChI=1S/C8H19N2P/c1-8(2)6-9(3)4-5-10(11)7-8/h4-7,11H2,1-3H3. The van der Waals surface area contributed by atoms with Crippen molar-refractivity contribution in [3.63, 3.8) is 0 Å². The van der Waals surface area contributed by atoms with Crippen molar-refractivity contribution in [2.24, 2.45) is 5.41 Å². The van der Waals surface area contributed by atoms with Crippen LogP contribution < -0.4 is 0 Å². The van der Waals surface area contributed by atoms with Crippen LogP contribution in [0.25, 0.3) is 0 Å². The molecule has 0 N–H and O–H groups in total. The zero-order valence-corrected chi connectivity index (χ0v) is 8.95. The van der Waals surface area contributed by atoms with Crippen LogP contribution in [0.15, 0.2) is 0 Å². The predicted molar refractivity (Wildman–Crippen MR) is 52.6 cm³/mol. The average Bonchev–Trinajstić information content (AvgIpc) is 1.89. The van der Waals surface area contributed by atoms with Gasteiger partial charge in [-0.15, -0.1) is 0 Å². The number of hydrogen-bond acceptors (Lipinski definition) is 2. The minimum absolute atomic E-state index is 0.438. The molecule has 0 aliphatic carbocycles. The van der Waals surface area contributed by atoms with Gasteiger partial charge in [0.25, 0.3) is 0 Å². The van der Waals surface area contributed by atoms with Gasteiger partial charge in [0.05, 0.1) is 0 Å². The summed E-state index contributed by atoms with van der Waals surface area (Å²) in [4.78, 5) is 2.41. The number of rotatable bonds is 0. The van der Waals surface area contributed by atoms with Crippen molar-refractivity contribution in [2.45, 2.75) is 13.8 Å². The van der Waals surface area contributed by atoms with E-state index in [9.17, 15) is 0 Å². The van der Waals surface area contributed by atoms with Gasteiger partial charge in [-0.3, -0.25) is 4.67 Å². The Morgan fingerprint density at radius 3 is 2.45 bits per heavy atom. The molecule has 1 aliphatic rings. The van der Waals surface area contributed by atoms with Gasteiger partial charge in [-0.1, -0.05) is 23.2 Å². The molecule has 0 radical (unpaired) electrons. The van der Waals surface area contributed by atoms with Gasteiger partial charge in [0.2, 0.25) is 0 Å². The van der Waals surface area contributed by atoms with E-state index >= 15 is 0 Å². The highest BCUT2D eigenvalue weighted by molar-refractivity contribution is 7.13. The normalized spacial score (nSPS) is 28.4. The summed E-state index contributed by atoms with van der Waals surface area (Å²) in [7, 11) is 5.00. The topological polar surface area (TPSA) is 6.48 Å². The molecule has 1 atom stereocenters. The van der Waals surface area contributed by atoms with E-state index in [1.807, 2.05) is 0 Å². The van der Waals surface area contributed by atoms with Gasteiger partial charge in [-0.2, -0.15) is 0 Å². The first-order valence-corrected chi connectivity index (χ1v) is 4.69. The zero-order valence-electron chi connectivity index (χ0n) is 7.80. The Hall–Kier alpha value is 0.350. The van der Waals surface area contributed by atoms with Crippen molar-refractivity contribution >= 4 is 9.39 Å². The molecule has 0 spiro atoms. The van der Waals surface area contributed by atoms with E-state index in [4.69, 9.17) is 0 Å². The van der Waals surface area contributed by atoms with E-state index < -0.39 is 0 Å². The molecule has 1 unspecified atom stereocenters. The fourth-order valence-electron chi connectivity index (χ4n) is 1.79. The van der Waals surface area contributed by atoms with Crippen LogP contribution in [0.1, 0.15) is 13.8 Å².